The molecule has 3 aromatic rings. The van der Waals surface area contributed by atoms with Crippen molar-refractivity contribution in [3.05, 3.63) is 48.9 Å². The van der Waals surface area contributed by atoms with E-state index in [-0.39, 0.29) is 5.91 Å². The lowest BCUT2D eigenvalue weighted by Crippen LogP contribution is -2.31. The second-order valence-corrected chi connectivity index (χ2v) is 6.69. The van der Waals surface area contributed by atoms with E-state index in [2.05, 4.69) is 27.9 Å². The average molecular weight is 354 g/mol. The van der Waals surface area contributed by atoms with Crippen molar-refractivity contribution < 1.29 is 14.6 Å². The summed E-state index contributed by atoms with van der Waals surface area (Å²) in [5.41, 5.74) is 1.12. The summed E-state index contributed by atoms with van der Waals surface area (Å²) in [5.74, 6) is 0.628. The number of aliphatic hydroxyl groups excluding tert-OH is 1. The van der Waals surface area contributed by atoms with Crippen LogP contribution in [-0.2, 0) is 18.4 Å². The van der Waals surface area contributed by atoms with Gasteiger partial charge in [-0.1, -0.05) is 18.2 Å². The van der Waals surface area contributed by atoms with Gasteiger partial charge in [-0.15, -0.1) is 0 Å². The van der Waals surface area contributed by atoms with Gasteiger partial charge >= 0.3 is 0 Å². The van der Waals surface area contributed by atoms with Gasteiger partial charge in [-0.3, -0.25) is 9.48 Å². The minimum atomic E-state index is -0.688. The smallest absolute Gasteiger partial charge is 0.224 e. The van der Waals surface area contributed by atoms with Crippen molar-refractivity contribution in [2.24, 2.45) is 7.05 Å². The van der Waals surface area contributed by atoms with Crippen LogP contribution >= 0.6 is 0 Å². The molecule has 0 bridgehead atoms. The summed E-state index contributed by atoms with van der Waals surface area (Å²) in [4.78, 5) is 14.2. The van der Waals surface area contributed by atoms with E-state index in [0.29, 0.717) is 31.8 Å². The summed E-state index contributed by atoms with van der Waals surface area (Å²) in [6.45, 7) is 1.31. The van der Waals surface area contributed by atoms with Gasteiger partial charge in [-0.05, 0) is 17.5 Å². The molecule has 7 heteroatoms. The zero-order valence-corrected chi connectivity index (χ0v) is 14.7. The Balaban J connectivity index is 1.35. The first-order chi connectivity index (χ1) is 12.6. The highest BCUT2D eigenvalue weighted by molar-refractivity contribution is 5.80. The van der Waals surface area contributed by atoms with Crippen molar-refractivity contribution in [3.63, 3.8) is 0 Å². The van der Waals surface area contributed by atoms with Crippen LogP contribution in [0.15, 0.2) is 48.9 Å². The van der Waals surface area contributed by atoms with E-state index in [1.807, 2.05) is 18.3 Å². The Hall–Kier alpha value is -2.80. The summed E-state index contributed by atoms with van der Waals surface area (Å²) < 4.78 is 9.49. The van der Waals surface area contributed by atoms with Crippen LogP contribution in [0.2, 0.25) is 0 Å². The maximum absolute atomic E-state index is 12.6. The highest BCUT2D eigenvalue weighted by atomic mass is 16.5. The van der Waals surface area contributed by atoms with Crippen molar-refractivity contribution in [3.8, 4) is 5.75 Å². The lowest BCUT2D eigenvalue weighted by Gasteiger charge is -2.16. The Morgan fingerprint density at radius 1 is 1.31 bits per heavy atom. The highest BCUT2D eigenvalue weighted by Gasteiger charge is 2.35. The molecule has 7 nitrogen and oxygen atoms in total. The highest BCUT2D eigenvalue weighted by Crippen LogP contribution is 2.20. The van der Waals surface area contributed by atoms with Crippen LogP contribution in [0, 0.1) is 0 Å². The molecular weight excluding hydrogens is 332 g/mol. The molecule has 4 rings (SSSR count). The van der Waals surface area contributed by atoms with Crippen LogP contribution in [0.5, 0.6) is 5.75 Å². The van der Waals surface area contributed by atoms with Crippen LogP contribution in [0.3, 0.4) is 0 Å². The topological polar surface area (TPSA) is 72.5 Å². The number of likely N-dealkylation sites (tertiary alicyclic amines) is 1. The first-order valence-electron chi connectivity index (χ1n) is 8.75. The number of ether oxygens (including phenoxy) is 1. The second-order valence-electron chi connectivity index (χ2n) is 6.69. The predicted octanol–water partition coefficient (Wildman–Crippen LogP) is 1.42. The Kier molecular flexibility index (Phi) is 4.38. The normalized spacial score (nSPS) is 20.0. The molecule has 1 aliphatic heterocycles. The Morgan fingerprint density at radius 3 is 2.96 bits per heavy atom. The van der Waals surface area contributed by atoms with Gasteiger partial charge < -0.3 is 19.3 Å². The number of carbonyl (C=O) groups excluding carboxylic acids is 1. The molecule has 1 fully saturated rings. The largest absolute Gasteiger partial charge is 0.482 e. The lowest BCUT2D eigenvalue weighted by atomic mass is 10.2. The molecule has 26 heavy (non-hydrogen) atoms. The number of aromatic nitrogens is 3. The molecule has 1 saturated heterocycles. The van der Waals surface area contributed by atoms with E-state index >= 15 is 0 Å². The summed E-state index contributed by atoms with van der Waals surface area (Å²) in [5, 5.41) is 15.4. The number of para-hydroxylation sites is 1. The molecule has 0 radical (unpaired) electrons. The third-order valence-electron chi connectivity index (χ3n) is 4.81. The Morgan fingerprint density at radius 2 is 2.15 bits per heavy atom. The van der Waals surface area contributed by atoms with Gasteiger partial charge in [-0.25, -0.2) is 0 Å². The minimum Gasteiger partial charge on any atom is -0.482 e. The molecule has 1 N–H and O–H groups in total. The van der Waals surface area contributed by atoms with Crippen LogP contribution in [0.4, 0.5) is 0 Å². The molecule has 1 aromatic carbocycles. The standard InChI is InChI=1S/C19H22N4O3/c1-21-11-15(10-20-21)26-18-13-23(12-17(18)24)19(25)7-9-22-8-6-14-4-2-3-5-16(14)22/h2-6,8,10-11,17-18,24H,7,9,12-13H2,1H3/t17-,18-/m1/s1. The number of nitrogens with zero attached hydrogens (tertiary/aromatic N) is 4. The quantitative estimate of drug-likeness (QED) is 0.752. The zero-order chi connectivity index (χ0) is 18.1. The fraction of sp³-hybridized carbons (Fsp3) is 0.368. The number of amides is 1. The number of aliphatic hydroxyl groups is 1. The van der Waals surface area contributed by atoms with Crippen molar-refractivity contribution in [1.29, 1.82) is 0 Å². The number of β-amino-alcohol motifs (C(OH)–C–C–N with tert-alkyl or cyclic N) is 1. The maximum Gasteiger partial charge on any atom is 0.224 e. The summed E-state index contributed by atoms with van der Waals surface area (Å²) >= 11 is 0. The SMILES string of the molecule is Cn1cc(O[C@@H]2CN(C(=O)CCn3ccc4ccccc43)C[C@H]2O)cn1. The van der Waals surface area contributed by atoms with Gasteiger partial charge in [0.05, 0.1) is 25.5 Å². The molecule has 3 heterocycles. The van der Waals surface area contributed by atoms with Gasteiger partial charge in [0, 0.05) is 31.7 Å². The van der Waals surface area contributed by atoms with E-state index in [9.17, 15) is 9.90 Å². The molecule has 1 amide bonds. The third kappa shape index (κ3) is 3.30. The van der Waals surface area contributed by atoms with E-state index in [1.165, 1.54) is 5.39 Å². The number of carbonyl (C=O) groups is 1. The number of rotatable bonds is 5. The number of hydrogen-bond acceptors (Lipinski definition) is 4. The summed E-state index contributed by atoms with van der Waals surface area (Å²) in [6, 6.07) is 10.2. The van der Waals surface area contributed by atoms with Crippen LogP contribution in [0.1, 0.15) is 6.42 Å². The Labute approximate surface area is 151 Å². The molecule has 0 unspecified atom stereocenters. The van der Waals surface area contributed by atoms with Gasteiger partial charge in [-0.2, -0.15) is 5.10 Å². The Bertz CT molecular complexity index is 916. The van der Waals surface area contributed by atoms with Gasteiger partial charge in [0.15, 0.2) is 5.75 Å². The fourth-order valence-corrected chi connectivity index (χ4v) is 3.42. The van der Waals surface area contributed by atoms with Crippen LogP contribution in [-0.4, -0.2) is 55.6 Å². The van der Waals surface area contributed by atoms with Gasteiger partial charge in [0.2, 0.25) is 5.91 Å². The van der Waals surface area contributed by atoms with Gasteiger partial charge in [0.1, 0.15) is 12.2 Å². The zero-order valence-electron chi connectivity index (χ0n) is 14.7. The lowest BCUT2D eigenvalue weighted by molar-refractivity contribution is -0.130. The number of fused-ring (bicyclic) bond motifs is 1. The van der Waals surface area contributed by atoms with Crippen molar-refractivity contribution in [2.45, 2.75) is 25.2 Å². The first kappa shape index (κ1) is 16.7. The molecular formula is C19H22N4O3. The van der Waals surface area contributed by atoms with Crippen LogP contribution in [0.25, 0.3) is 10.9 Å². The van der Waals surface area contributed by atoms with Crippen LogP contribution < -0.4 is 4.74 Å². The third-order valence-corrected chi connectivity index (χ3v) is 4.81. The molecule has 1 aliphatic rings. The molecule has 136 valence electrons. The number of benzene rings is 1. The maximum atomic E-state index is 12.6. The van der Waals surface area contributed by atoms with Gasteiger partial charge in [0.25, 0.3) is 0 Å². The monoisotopic (exact) mass is 354 g/mol. The molecule has 2 atom stereocenters. The van der Waals surface area contributed by atoms with E-state index in [0.717, 1.165) is 5.52 Å². The molecule has 2 aromatic heterocycles. The van der Waals surface area contributed by atoms with E-state index in [1.54, 1.807) is 29.0 Å². The molecule has 0 saturated carbocycles. The van der Waals surface area contributed by atoms with Crippen molar-refractivity contribution in [1.82, 2.24) is 19.2 Å². The summed E-state index contributed by atoms with van der Waals surface area (Å²) in [7, 11) is 1.80. The molecule has 0 aliphatic carbocycles. The second kappa shape index (κ2) is 6.84. The number of aryl methyl sites for hydroxylation is 2. The fourth-order valence-electron chi connectivity index (χ4n) is 3.42. The first-order valence-corrected chi connectivity index (χ1v) is 8.75. The van der Waals surface area contributed by atoms with E-state index in [4.69, 9.17) is 4.74 Å². The van der Waals surface area contributed by atoms with E-state index < -0.39 is 12.2 Å². The molecule has 0 spiro atoms. The number of hydrogen-bond donors (Lipinski definition) is 1. The summed E-state index contributed by atoms with van der Waals surface area (Å²) in [6.07, 6.45) is 4.64. The minimum absolute atomic E-state index is 0.0270. The van der Waals surface area contributed by atoms with Crippen molar-refractivity contribution in [2.75, 3.05) is 13.1 Å². The average Bonchev–Trinajstić information content (AvgIpc) is 3.33. The predicted molar refractivity (Wildman–Crippen MR) is 96.8 cm³/mol. The van der Waals surface area contributed by atoms with Crippen molar-refractivity contribution >= 4 is 16.8 Å².